The van der Waals surface area contributed by atoms with Gasteiger partial charge < -0.3 is 10.0 Å². The molecular weight excluding hydrogens is 174 g/mol. The second-order valence-electron chi connectivity index (χ2n) is 5.03. The third-order valence-corrected chi connectivity index (χ3v) is 4.09. The quantitative estimate of drug-likeness (QED) is 0.636. The van der Waals surface area contributed by atoms with Crippen molar-refractivity contribution in [3.05, 3.63) is 11.3 Å². The van der Waals surface area contributed by atoms with E-state index in [4.69, 9.17) is 0 Å². The van der Waals surface area contributed by atoms with Crippen LogP contribution in [-0.2, 0) is 0 Å². The largest absolute Gasteiger partial charge is 0.384 e. The summed E-state index contributed by atoms with van der Waals surface area (Å²) in [6.45, 7) is 2.36. The molecule has 0 aromatic rings. The maximum absolute atomic E-state index is 10.6. The molecule has 0 aromatic carbocycles. The molecule has 2 nitrogen and oxygen atoms in total. The third-order valence-electron chi connectivity index (χ3n) is 4.09. The van der Waals surface area contributed by atoms with E-state index in [-0.39, 0.29) is 0 Å². The van der Waals surface area contributed by atoms with Gasteiger partial charge in [-0.2, -0.15) is 0 Å². The summed E-state index contributed by atoms with van der Waals surface area (Å²) >= 11 is 0. The van der Waals surface area contributed by atoms with Gasteiger partial charge in [0.15, 0.2) is 0 Å². The summed E-state index contributed by atoms with van der Waals surface area (Å²) < 4.78 is 0. The Morgan fingerprint density at radius 3 is 2.64 bits per heavy atom. The molecule has 1 aliphatic carbocycles. The lowest BCUT2D eigenvalue weighted by Gasteiger charge is -2.49. The van der Waals surface area contributed by atoms with Crippen molar-refractivity contribution in [2.45, 2.75) is 50.5 Å². The van der Waals surface area contributed by atoms with E-state index in [9.17, 15) is 5.11 Å². The van der Waals surface area contributed by atoms with Gasteiger partial charge in [0.1, 0.15) is 5.60 Å². The minimum absolute atomic E-state index is 0.424. The molecule has 1 fully saturated rings. The summed E-state index contributed by atoms with van der Waals surface area (Å²) in [7, 11) is 0. The number of nitrogens with zero attached hydrogens (tertiary/aromatic N) is 1. The van der Waals surface area contributed by atoms with E-state index in [1.807, 2.05) is 0 Å². The number of hydrogen-bond donors (Lipinski definition) is 1. The lowest BCUT2D eigenvalue weighted by molar-refractivity contribution is -0.00865. The number of hydrogen-bond acceptors (Lipinski definition) is 2. The predicted octanol–water partition coefficient (Wildman–Crippen LogP) is 2.05. The van der Waals surface area contributed by atoms with Crippen LogP contribution in [0.25, 0.3) is 0 Å². The monoisotopic (exact) mass is 193 g/mol. The maximum Gasteiger partial charge on any atom is 0.104 e. The summed E-state index contributed by atoms with van der Waals surface area (Å²) in [5.41, 5.74) is 2.50. The lowest BCUT2D eigenvalue weighted by atomic mass is 9.75. The zero-order chi connectivity index (χ0) is 9.60. The van der Waals surface area contributed by atoms with Crippen LogP contribution in [0, 0.1) is 0 Å². The van der Waals surface area contributed by atoms with E-state index < -0.39 is 5.60 Å². The molecule has 0 spiro atoms. The van der Waals surface area contributed by atoms with E-state index >= 15 is 0 Å². The highest BCUT2D eigenvalue weighted by Crippen LogP contribution is 2.44. The first kappa shape index (κ1) is 8.78. The van der Waals surface area contributed by atoms with Crippen molar-refractivity contribution in [1.82, 2.24) is 4.90 Å². The van der Waals surface area contributed by atoms with Gasteiger partial charge >= 0.3 is 0 Å². The molecule has 2 aliphatic heterocycles. The molecule has 0 bridgehead atoms. The Bertz CT molecular complexity index is 280. The highest BCUT2D eigenvalue weighted by Gasteiger charge is 2.42. The van der Waals surface area contributed by atoms with Gasteiger partial charge in [-0.3, -0.25) is 0 Å². The van der Waals surface area contributed by atoms with Gasteiger partial charge in [-0.25, -0.2) is 0 Å². The molecule has 0 saturated carbocycles. The normalized spacial score (nSPS) is 37.1. The first-order chi connectivity index (χ1) is 6.80. The molecule has 2 heterocycles. The molecule has 1 N–H and O–H groups in total. The van der Waals surface area contributed by atoms with Gasteiger partial charge in [-0.1, -0.05) is 0 Å². The van der Waals surface area contributed by atoms with Crippen LogP contribution in [0.4, 0.5) is 0 Å². The molecule has 3 aliphatic rings. The summed E-state index contributed by atoms with van der Waals surface area (Å²) in [6.07, 6.45) is 8.17. The lowest BCUT2D eigenvalue weighted by Crippen LogP contribution is -2.49. The average molecular weight is 193 g/mol. The fraction of sp³-hybridized carbons (Fsp3) is 0.833. The van der Waals surface area contributed by atoms with Crippen LogP contribution < -0.4 is 0 Å². The van der Waals surface area contributed by atoms with Crippen LogP contribution in [0.1, 0.15) is 44.9 Å². The minimum Gasteiger partial charge on any atom is -0.384 e. The van der Waals surface area contributed by atoms with Gasteiger partial charge in [0.05, 0.1) is 0 Å². The Hall–Kier alpha value is -0.500. The number of allylic oxidation sites excluding steroid dienone is 1. The van der Waals surface area contributed by atoms with E-state index in [0.29, 0.717) is 0 Å². The van der Waals surface area contributed by atoms with Crippen molar-refractivity contribution in [3.63, 3.8) is 0 Å². The highest BCUT2D eigenvalue weighted by molar-refractivity contribution is 5.29. The smallest absolute Gasteiger partial charge is 0.104 e. The molecule has 1 saturated heterocycles. The average Bonchev–Trinajstić information content (AvgIpc) is 2.18. The van der Waals surface area contributed by atoms with Crippen LogP contribution in [0.15, 0.2) is 11.3 Å². The van der Waals surface area contributed by atoms with Gasteiger partial charge in [-0.05, 0) is 50.5 Å². The summed E-state index contributed by atoms with van der Waals surface area (Å²) in [6, 6.07) is 0. The van der Waals surface area contributed by atoms with Gasteiger partial charge in [0.2, 0.25) is 0 Å². The second kappa shape index (κ2) is 2.99. The Morgan fingerprint density at radius 1 is 1.00 bits per heavy atom. The van der Waals surface area contributed by atoms with Gasteiger partial charge in [-0.15, -0.1) is 0 Å². The molecule has 3 rings (SSSR count). The molecule has 14 heavy (non-hydrogen) atoms. The SMILES string of the molecule is OC12CCCC3=C1N(CCC3)CCC2. The van der Waals surface area contributed by atoms with E-state index in [1.54, 1.807) is 5.57 Å². The fourth-order valence-electron chi connectivity index (χ4n) is 3.55. The summed E-state index contributed by atoms with van der Waals surface area (Å²) in [5, 5.41) is 10.6. The molecule has 0 aromatic heterocycles. The third kappa shape index (κ3) is 1.13. The van der Waals surface area contributed by atoms with Gasteiger partial charge in [0, 0.05) is 18.8 Å². The second-order valence-corrected chi connectivity index (χ2v) is 5.03. The van der Waals surface area contributed by atoms with Crippen LogP contribution >= 0.6 is 0 Å². The van der Waals surface area contributed by atoms with Crippen LogP contribution in [0.3, 0.4) is 0 Å². The Morgan fingerprint density at radius 2 is 1.71 bits per heavy atom. The van der Waals surface area contributed by atoms with Crippen LogP contribution in [-0.4, -0.2) is 28.7 Å². The van der Waals surface area contributed by atoms with Crippen LogP contribution in [0.5, 0.6) is 0 Å². The first-order valence-corrected chi connectivity index (χ1v) is 5.99. The summed E-state index contributed by atoms with van der Waals surface area (Å²) in [5.74, 6) is 0. The maximum atomic E-state index is 10.6. The number of piperidine rings is 1. The van der Waals surface area contributed by atoms with Crippen molar-refractivity contribution in [2.75, 3.05) is 13.1 Å². The van der Waals surface area contributed by atoms with Gasteiger partial charge in [0.25, 0.3) is 0 Å². The molecule has 1 unspecified atom stereocenters. The minimum atomic E-state index is -0.424. The number of aliphatic hydroxyl groups is 1. The molecule has 1 atom stereocenters. The van der Waals surface area contributed by atoms with Crippen molar-refractivity contribution in [3.8, 4) is 0 Å². The standard InChI is InChI=1S/C12H19NO/c14-12-6-1-4-10-5-2-8-13(11(10)12)9-3-7-12/h14H,1-9H2. The zero-order valence-corrected chi connectivity index (χ0v) is 8.76. The van der Waals surface area contributed by atoms with Crippen molar-refractivity contribution in [1.29, 1.82) is 0 Å². The van der Waals surface area contributed by atoms with E-state index in [0.717, 1.165) is 12.8 Å². The molecule has 2 heteroatoms. The van der Waals surface area contributed by atoms with Crippen LogP contribution in [0.2, 0.25) is 0 Å². The topological polar surface area (TPSA) is 23.5 Å². The molecule has 0 radical (unpaired) electrons. The highest BCUT2D eigenvalue weighted by atomic mass is 16.3. The predicted molar refractivity (Wildman–Crippen MR) is 55.9 cm³/mol. The van der Waals surface area contributed by atoms with Crippen molar-refractivity contribution >= 4 is 0 Å². The first-order valence-electron chi connectivity index (χ1n) is 5.99. The van der Waals surface area contributed by atoms with E-state index in [1.165, 1.54) is 50.9 Å². The van der Waals surface area contributed by atoms with Crippen molar-refractivity contribution in [2.24, 2.45) is 0 Å². The van der Waals surface area contributed by atoms with Crippen molar-refractivity contribution < 1.29 is 5.11 Å². The number of rotatable bonds is 0. The fourth-order valence-corrected chi connectivity index (χ4v) is 3.55. The molecule has 78 valence electrons. The Balaban J connectivity index is 2.05. The molecule has 0 amide bonds. The zero-order valence-electron chi connectivity index (χ0n) is 8.76. The van der Waals surface area contributed by atoms with E-state index in [2.05, 4.69) is 4.90 Å². The Labute approximate surface area is 85.6 Å². The Kier molecular flexibility index (Phi) is 1.88. The molecular formula is C12H19NO. The summed E-state index contributed by atoms with van der Waals surface area (Å²) in [4.78, 5) is 2.46.